The molecule has 1 aliphatic rings. The van der Waals surface area contributed by atoms with Gasteiger partial charge in [-0.1, -0.05) is 0 Å². The van der Waals surface area contributed by atoms with E-state index in [2.05, 4.69) is 15.0 Å². The van der Waals surface area contributed by atoms with E-state index >= 15 is 0 Å². The number of aryl methyl sites for hydroxylation is 1. The standard InChI is InChI=1S/C15H19N5O2S/c16-15-19-11(8-23-15)3-4-14(22)20-5-1-2-10(7-20)12-6-13(21)18-9-17-12/h6,8-10H,1-5,7H2,(H2,16,19)(H,17,18,21)/t10-/m1/s1. The van der Waals surface area contributed by atoms with Gasteiger partial charge in [0.25, 0.3) is 5.56 Å². The first kappa shape index (κ1) is 15.7. The number of thiazole rings is 1. The van der Waals surface area contributed by atoms with Crippen molar-refractivity contribution in [3.63, 3.8) is 0 Å². The molecule has 1 saturated heterocycles. The molecular weight excluding hydrogens is 314 g/mol. The van der Waals surface area contributed by atoms with Crippen molar-refractivity contribution in [3.8, 4) is 0 Å². The zero-order valence-electron chi connectivity index (χ0n) is 12.7. The molecular formula is C15H19N5O2S. The number of amides is 1. The molecule has 23 heavy (non-hydrogen) atoms. The number of hydrogen-bond donors (Lipinski definition) is 2. The molecule has 3 rings (SSSR count). The number of carbonyl (C=O) groups excluding carboxylic acids is 1. The Kier molecular flexibility index (Phi) is 4.71. The van der Waals surface area contributed by atoms with Crippen LogP contribution in [0.5, 0.6) is 0 Å². The molecule has 0 unspecified atom stereocenters. The van der Waals surface area contributed by atoms with Gasteiger partial charge in [0.05, 0.1) is 17.7 Å². The molecule has 3 N–H and O–H groups in total. The third-order valence-electron chi connectivity index (χ3n) is 4.06. The number of nitrogens with zero attached hydrogens (tertiary/aromatic N) is 3. The zero-order chi connectivity index (χ0) is 16.2. The lowest BCUT2D eigenvalue weighted by atomic mass is 9.94. The van der Waals surface area contributed by atoms with Gasteiger partial charge in [0, 0.05) is 36.9 Å². The number of H-pyrrole nitrogens is 1. The fraction of sp³-hybridized carbons (Fsp3) is 0.467. The lowest BCUT2D eigenvalue weighted by molar-refractivity contribution is -0.132. The van der Waals surface area contributed by atoms with Gasteiger partial charge in [-0.2, -0.15) is 0 Å². The highest BCUT2D eigenvalue weighted by atomic mass is 32.1. The predicted molar refractivity (Wildman–Crippen MR) is 88.3 cm³/mol. The fourth-order valence-corrected chi connectivity index (χ4v) is 3.48. The van der Waals surface area contributed by atoms with Crippen LogP contribution in [0.25, 0.3) is 0 Å². The van der Waals surface area contributed by atoms with E-state index in [0.717, 1.165) is 30.8 Å². The van der Waals surface area contributed by atoms with Crippen LogP contribution in [0.3, 0.4) is 0 Å². The molecule has 1 atom stereocenters. The van der Waals surface area contributed by atoms with E-state index in [4.69, 9.17) is 5.73 Å². The summed E-state index contributed by atoms with van der Waals surface area (Å²) in [6, 6.07) is 1.52. The van der Waals surface area contributed by atoms with Crippen LogP contribution in [0.1, 0.15) is 36.6 Å². The highest BCUT2D eigenvalue weighted by Crippen LogP contribution is 2.25. The van der Waals surface area contributed by atoms with Gasteiger partial charge in [-0.3, -0.25) is 9.59 Å². The molecule has 1 fully saturated rings. The highest BCUT2D eigenvalue weighted by Gasteiger charge is 2.25. The van der Waals surface area contributed by atoms with Crippen LogP contribution in [0, 0.1) is 0 Å². The number of piperidine rings is 1. The molecule has 0 saturated carbocycles. The summed E-state index contributed by atoms with van der Waals surface area (Å²) >= 11 is 1.39. The Morgan fingerprint density at radius 1 is 1.52 bits per heavy atom. The highest BCUT2D eigenvalue weighted by molar-refractivity contribution is 7.13. The average molecular weight is 333 g/mol. The van der Waals surface area contributed by atoms with Gasteiger partial charge in [0.2, 0.25) is 5.91 Å². The van der Waals surface area contributed by atoms with Gasteiger partial charge in [-0.15, -0.1) is 11.3 Å². The SMILES string of the molecule is Nc1nc(CCC(=O)N2CCC[C@@H](c3cc(=O)[nH]cn3)C2)cs1. The largest absolute Gasteiger partial charge is 0.375 e. The van der Waals surface area contributed by atoms with Gasteiger partial charge in [0.15, 0.2) is 5.13 Å². The number of likely N-dealkylation sites (tertiary alicyclic amines) is 1. The molecule has 2 aromatic heterocycles. The fourth-order valence-electron chi connectivity index (χ4n) is 2.88. The molecule has 7 nitrogen and oxygen atoms in total. The Balaban J connectivity index is 1.59. The molecule has 8 heteroatoms. The van der Waals surface area contributed by atoms with Crippen molar-refractivity contribution in [1.29, 1.82) is 0 Å². The van der Waals surface area contributed by atoms with Crippen LogP contribution in [0.2, 0.25) is 0 Å². The number of aromatic amines is 1. The van der Waals surface area contributed by atoms with E-state index in [-0.39, 0.29) is 17.4 Å². The third-order valence-corrected chi connectivity index (χ3v) is 4.78. The topological polar surface area (TPSA) is 105 Å². The maximum atomic E-state index is 12.4. The first-order valence-electron chi connectivity index (χ1n) is 7.64. The zero-order valence-corrected chi connectivity index (χ0v) is 13.5. The Bertz CT molecular complexity index is 741. The lowest BCUT2D eigenvalue weighted by Crippen LogP contribution is -2.39. The van der Waals surface area contributed by atoms with Crippen LogP contribution < -0.4 is 11.3 Å². The summed E-state index contributed by atoms with van der Waals surface area (Å²) < 4.78 is 0. The predicted octanol–water partition coefficient (Wildman–Crippen LogP) is 1.15. The van der Waals surface area contributed by atoms with E-state index in [1.807, 2.05) is 10.3 Å². The van der Waals surface area contributed by atoms with Crippen LogP contribution in [-0.2, 0) is 11.2 Å². The maximum absolute atomic E-state index is 12.4. The summed E-state index contributed by atoms with van der Waals surface area (Å²) in [5, 5.41) is 2.42. The molecule has 1 amide bonds. The number of hydrogen-bond acceptors (Lipinski definition) is 6. The second kappa shape index (κ2) is 6.91. The van der Waals surface area contributed by atoms with E-state index in [1.165, 1.54) is 23.7 Å². The Hall–Kier alpha value is -2.22. The van der Waals surface area contributed by atoms with Crippen LogP contribution >= 0.6 is 11.3 Å². The van der Waals surface area contributed by atoms with Crippen molar-refractivity contribution in [2.45, 2.75) is 31.6 Å². The maximum Gasteiger partial charge on any atom is 0.250 e. The second-order valence-corrected chi connectivity index (χ2v) is 6.58. The quantitative estimate of drug-likeness (QED) is 0.873. The lowest BCUT2D eigenvalue weighted by Gasteiger charge is -2.32. The molecule has 3 heterocycles. The van der Waals surface area contributed by atoms with Crippen molar-refractivity contribution in [3.05, 3.63) is 39.5 Å². The molecule has 0 bridgehead atoms. The molecule has 0 spiro atoms. The van der Waals surface area contributed by atoms with E-state index in [1.54, 1.807) is 0 Å². The van der Waals surface area contributed by atoms with Crippen molar-refractivity contribution >= 4 is 22.4 Å². The minimum Gasteiger partial charge on any atom is -0.375 e. The summed E-state index contributed by atoms with van der Waals surface area (Å²) in [6.45, 7) is 1.38. The first-order valence-corrected chi connectivity index (χ1v) is 8.52. The number of nitrogens with one attached hydrogen (secondary N) is 1. The minimum atomic E-state index is -0.153. The Labute approximate surface area is 137 Å². The number of carbonyl (C=O) groups is 1. The van der Waals surface area contributed by atoms with Crippen molar-refractivity contribution < 1.29 is 4.79 Å². The second-order valence-electron chi connectivity index (χ2n) is 5.69. The number of nitrogens with two attached hydrogens (primary N) is 1. The summed E-state index contributed by atoms with van der Waals surface area (Å²) in [5.41, 5.74) is 7.08. The van der Waals surface area contributed by atoms with E-state index in [0.29, 0.717) is 24.5 Å². The summed E-state index contributed by atoms with van der Waals surface area (Å²) in [5.74, 6) is 0.246. The van der Waals surface area contributed by atoms with E-state index < -0.39 is 0 Å². The summed E-state index contributed by atoms with van der Waals surface area (Å²) in [6.07, 6.45) is 4.33. The number of anilines is 1. The normalized spacial score (nSPS) is 18.1. The molecule has 2 aromatic rings. The Morgan fingerprint density at radius 3 is 3.13 bits per heavy atom. The van der Waals surface area contributed by atoms with E-state index in [9.17, 15) is 9.59 Å². The Morgan fingerprint density at radius 2 is 2.39 bits per heavy atom. The molecule has 0 aromatic carbocycles. The van der Waals surface area contributed by atoms with Gasteiger partial charge in [-0.25, -0.2) is 9.97 Å². The molecule has 0 aliphatic carbocycles. The van der Waals surface area contributed by atoms with Crippen LogP contribution in [0.15, 0.2) is 22.6 Å². The van der Waals surface area contributed by atoms with Gasteiger partial charge in [-0.05, 0) is 19.3 Å². The smallest absolute Gasteiger partial charge is 0.250 e. The molecule has 1 aliphatic heterocycles. The molecule has 0 radical (unpaired) electrons. The average Bonchev–Trinajstić information content (AvgIpc) is 2.98. The van der Waals surface area contributed by atoms with Crippen molar-refractivity contribution in [2.24, 2.45) is 0 Å². The van der Waals surface area contributed by atoms with Crippen LogP contribution in [0.4, 0.5) is 5.13 Å². The minimum absolute atomic E-state index is 0.117. The third kappa shape index (κ3) is 3.95. The van der Waals surface area contributed by atoms with Crippen molar-refractivity contribution in [2.75, 3.05) is 18.8 Å². The number of aromatic nitrogens is 3. The summed E-state index contributed by atoms with van der Waals surface area (Å²) in [4.78, 5) is 36.6. The van der Waals surface area contributed by atoms with Crippen LogP contribution in [-0.4, -0.2) is 38.8 Å². The van der Waals surface area contributed by atoms with Gasteiger partial charge in [0.1, 0.15) is 0 Å². The monoisotopic (exact) mass is 333 g/mol. The van der Waals surface area contributed by atoms with Crippen molar-refractivity contribution in [1.82, 2.24) is 19.9 Å². The number of nitrogen functional groups attached to an aromatic ring is 1. The van der Waals surface area contributed by atoms with Gasteiger partial charge < -0.3 is 15.6 Å². The number of rotatable bonds is 4. The van der Waals surface area contributed by atoms with Gasteiger partial charge >= 0.3 is 0 Å². The molecule has 122 valence electrons. The summed E-state index contributed by atoms with van der Waals surface area (Å²) in [7, 11) is 0. The first-order chi connectivity index (χ1) is 11.1.